The number of anilines is 1. The van der Waals surface area contributed by atoms with Crippen LogP contribution in [0.15, 0.2) is 36.4 Å². The summed E-state index contributed by atoms with van der Waals surface area (Å²) in [6, 6.07) is 10.1. The Morgan fingerprint density at radius 3 is 2.50 bits per heavy atom. The van der Waals surface area contributed by atoms with Crippen LogP contribution in [0, 0.1) is 5.92 Å². The maximum absolute atomic E-state index is 13.1. The maximum atomic E-state index is 13.1. The number of benzene rings is 1. The molecule has 1 aliphatic rings. The molecule has 0 unspecified atom stereocenters. The van der Waals surface area contributed by atoms with Crippen molar-refractivity contribution in [3.05, 3.63) is 42.2 Å². The van der Waals surface area contributed by atoms with Crippen molar-refractivity contribution in [1.29, 1.82) is 0 Å². The van der Waals surface area contributed by atoms with Gasteiger partial charge in [-0.2, -0.15) is 17.7 Å². The number of carbonyl (C=O) groups is 1. The van der Waals surface area contributed by atoms with Crippen molar-refractivity contribution in [3.8, 4) is 11.5 Å². The lowest BCUT2D eigenvalue weighted by Gasteiger charge is -2.31. The largest absolute Gasteiger partial charge is 0.490 e. The predicted octanol–water partition coefficient (Wildman–Crippen LogP) is 3.75. The van der Waals surface area contributed by atoms with Gasteiger partial charge in [-0.3, -0.25) is 4.79 Å². The van der Waals surface area contributed by atoms with E-state index in [1.54, 1.807) is 24.3 Å². The molecule has 0 radical (unpaired) electrons. The maximum Gasteiger partial charge on any atom is 0.453 e. The number of esters is 1. The highest BCUT2D eigenvalue weighted by Crippen LogP contribution is 2.31. The third-order valence-corrected chi connectivity index (χ3v) is 5.18. The first-order chi connectivity index (χ1) is 15.4. The van der Waals surface area contributed by atoms with Gasteiger partial charge in [0.25, 0.3) is 5.82 Å². The molecule has 8 nitrogen and oxygen atoms in total. The fourth-order valence-electron chi connectivity index (χ4n) is 3.53. The molecule has 0 aliphatic carbocycles. The number of alkyl halides is 3. The van der Waals surface area contributed by atoms with Gasteiger partial charge in [0.1, 0.15) is 5.82 Å². The van der Waals surface area contributed by atoms with Gasteiger partial charge >= 0.3 is 12.1 Å². The Hall–Kier alpha value is -3.37. The van der Waals surface area contributed by atoms with Crippen LogP contribution in [0.5, 0.6) is 11.5 Å². The molecule has 1 saturated heterocycles. The van der Waals surface area contributed by atoms with Gasteiger partial charge in [-0.25, -0.2) is 0 Å². The first kappa shape index (κ1) is 21.8. The summed E-state index contributed by atoms with van der Waals surface area (Å²) >= 11 is 0. The van der Waals surface area contributed by atoms with E-state index in [0.29, 0.717) is 54.4 Å². The Morgan fingerprint density at radius 1 is 1.09 bits per heavy atom. The summed E-state index contributed by atoms with van der Waals surface area (Å²) in [6.07, 6.45) is -2.84. The van der Waals surface area contributed by atoms with Crippen LogP contribution >= 0.6 is 0 Å². The van der Waals surface area contributed by atoms with Crippen LogP contribution in [0.2, 0.25) is 0 Å². The lowest BCUT2D eigenvalue weighted by Crippen LogP contribution is -2.38. The lowest BCUT2D eigenvalue weighted by molar-refractivity contribution is -0.146. The molecule has 3 aromatic rings. The molecule has 2 aromatic heterocycles. The monoisotopic (exact) mass is 449 g/mol. The second-order valence-electron chi connectivity index (χ2n) is 7.46. The lowest BCUT2D eigenvalue weighted by atomic mass is 9.97. The summed E-state index contributed by atoms with van der Waals surface area (Å²) in [7, 11) is 0. The minimum Gasteiger partial charge on any atom is -0.490 e. The molecule has 11 heteroatoms. The number of hydrogen-bond acceptors (Lipinski definition) is 7. The van der Waals surface area contributed by atoms with Gasteiger partial charge in [0.15, 0.2) is 17.1 Å². The highest BCUT2D eigenvalue weighted by atomic mass is 19.4. The third-order valence-electron chi connectivity index (χ3n) is 5.18. The van der Waals surface area contributed by atoms with Crippen molar-refractivity contribution in [2.45, 2.75) is 32.4 Å². The van der Waals surface area contributed by atoms with Crippen molar-refractivity contribution in [3.63, 3.8) is 0 Å². The second kappa shape index (κ2) is 9.01. The van der Waals surface area contributed by atoms with Gasteiger partial charge in [0.2, 0.25) is 0 Å². The first-order valence-electron chi connectivity index (χ1n) is 10.3. The van der Waals surface area contributed by atoms with Gasteiger partial charge in [-0.05, 0) is 43.5 Å². The molecule has 0 spiro atoms. The Labute approximate surface area is 181 Å². The summed E-state index contributed by atoms with van der Waals surface area (Å²) in [6.45, 7) is 3.42. The molecule has 32 heavy (non-hydrogen) atoms. The Kier molecular flexibility index (Phi) is 6.15. The fraction of sp³-hybridized carbons (Fsp3) is 0.429. The topological polar surface area (TPSA) is 81.9 Å². The van der Waals surface area contributed by atoms with Crippen molar-refractivity contribution >= 4 is 17.4 Å². The van der Waals surface area contributed by atoms with E-state index >= 15 is 0 Å². The second-order valence-corrected chi connectivity index (χ2v) is 7.46. The number of carbonyl (C=O) groups excluding carboxylic acids is 1. The Balaban J connectivity index is 1.41. The molecule has 0 N–H and O–H groups in total. The molecular weight excluding hydrogens is 427 g/mol. The fourth-order valence-corrected chi connectivity index (χ4v) is 3.53. The minimum absolute atomic E-state index is 0.0171. The zero-order chi connectivity index (χ0) is 22.7. The molecule has 1 fully saturated rings. The molecule has 0 saturated carbocycles. The molecular formula is C21H22F3N5O3. The molecule has 4 rings (SSSR count). The van der Waals surface area contributed by atoms with Crippen molar-refractivity contribution < 1.29 is 27.4 Å². The smallest absolute Gasteiger partial charge is 0.453 e. The highest BCUT2D eigenvalue weighted by molar-refractivity contribution is 5.76. The van der Waals surface area contributed by atoms with E-state index in [2.05, 4.69) is 15.3 Å². The number of piperidine rings is 1. The van der Waals surface area contributed by atoms with Crippen LogP contribution in [-0.2, 0) is 11.0 Å². The number of hydrogen-bond donors (Lipinski definition) is 0. The zero-order valence-corrected chi connectivity index (χ0v) is 17.4. The molecule has 1 aromatic carbocycles. The number of rotatable bonds is 6. The van der Waals surface area contributed by atoms with E-state index in [4.69, 9.17) is 9.47 Å². The molecule has 1 aliphatic heterocycles. The number of para-hydroxylation sites is 2. The van der Waals surface area contributed by atoms with E-state index in [1.807, 2.05) is 17.9 Å². The first-order valence-corrected chi connectivity index (χ1v) is 10.3. The van der Waals surface area contributed by atoms with Gasteiger partial charge in [-0.15, -0.1) is 15.3 Å². The van der Waals surface area contributed by atoms with Crippen LogP contribution in [0.25, 0.3) is 5.65 Å². The van der Waals surface area contributed by atoms with Gasteiger partial charge in [-0.1, -0.05) is 19.1 Å². The highest BCUT2D eigenvalue weighted by Gasteiger charge is 2.38. The van der Waals surface area contributed by atoms with Gasteiger partial charge < -0.3 is 14.4 Å². The van der Waals surface area contributed by atoms with E-state index < -0.39 is 12.0 Å². The van der Waals surface area contributed by atoms with E-state index in [9.17, 15) is 18.0 Å². The van der Waals surface area contributed by atoms with Crippen molar-refractivity contribution in [1.82, 2.24) is 19.8 Å². The molecule has 0 bridgehead atoms. The summed E-state index contributed by atoms with van der Waals surface area (Å²) in [4.78, 5) is 14.5. The standard InChI is InChI=1S/C21H22F3N5O3/c1-2-13-31-15-5-3-4-6-16(15)32-19(30)14-9-11-28(12-10-14)18-8-7-17-25-26-20(21(22,23)24)29(17)27-18/h3-8,14H,2,9-13H2,1H3. The number of ether oxygens (including phenoxy) is 2. The van der Waals surface area contributed by atoms with E-state index in [0.717, 1.165) is 6.42 Å². The molecule has 0 atom stereocenters. The quantitative estimate of drug-likeness (QED) is 0.419. The van der Waals surface area contributed by atoms with Gasteiger partial charge in [0.05, 0.1) is 12.5 Å². The van der Waals surface area contributed by atoms with Crippen molar-refractivity contribution in [2.24, 2.45) is 5.92 Å². The summed E-state index contributed by atoms with van der Waals surface area (Å²) in [5, 5.41) is 10.8. The molecule has 170 valence electrons. The summed E-state index contributed by atoms with van der Waals surface area (Å²) in [5.74, 6) is -0.571. The Morgan fingerprint density at radius 2 is 1.81 bits per heavy atom. The number of halogens is 3. The van der Waals surface area contributed by atoms with E-state index in [-0.39, 0.29) is 17.5 Å². The summed E-state index contributed by atoms with van der Waals surface area (Å²) < 4.78 is 51.2. The molecule has 3 heterocycles. The Bertz CT molecular complexity index is 1090. The van der Waals surface area contributed by atoms with Crippen LogP contribution in [0.3, 0.4) is 0 Å². The summed E-state index contributed by atoms with van der Waals surface area (Å²) in [5.41, 5.74) is 0.0171. The normalized spacial score (nSPS) is 15.2. The molecule has 0 amide bonds. The van der Waals surface area contributed by atoms with E-state index in [1.165, 1.54) is 6.07 Å². The minimum atomic E-state index is -4.65. The van der Waals surface area contributed by atoms with Crippen LogP contribution in [0.4, 0.5) is 19.0 Å². The number of aromatic nitrogens is 4. The number of fused-ring (bicyclic) bond motifs is 1. The third kappa shape index (κ3) is 4.61. The SMILES string of the molecule is CCCOc1ccccc1OC(=O)C1CCN(c2ccc3nnc(C(F)(F)F)n3n2)CC1. The predicted molar refractivity (Wildman–Crippen MR) is 109 cm³/mol. The zero-order valence-electron chi connectivity index (χ0n) is 17.4. The van der Waals surface area contributed by atoms with Crippen LogP contribution in [-0.4, -0.2) is 45.5 Å². The average Bonchev–Trinajstić information content (AvgIpc) is 3.22. The van der Waals surface area contributed by atoms with Crippen LogP contribution < -0.4 is 14.4 Å². The number of nitrogens with zero attached hydrogens (tertiary/aromatic N) is 5. The van der Waals surface area contributed by atoms with Crippen LogP contribution in [0.1, 0.15) is 32.0 Å². The van der Waals surface area contributed by atoms with Gasteiger partial charge in [0, 0.05) is 13.1 Å². The average molecular weight is 449 g/mol. The van der Waals surface area contributed by atoms with Crippen molar-refractivity contribution in [2.75, 3.05) is 24.6 Å².